The summed E-state index contributed by atoms with van der Waals surface area (Å²) in [6.07, 6.45) is 9.31. The maximum atomic E-state index is 12.7. The Kier molecular flexibility index (Phi) is 10.2. The van der Waals surface area contributed by atoms with Crippen LogP contribution in [0.4, 0.5) is 0 Å². The highest BCUT2D eigenvalue weighted by molar-refractivity contribution is 5.77. The number of carbonyl (C=O) groups is 2. The molecular formula is C23H33NO4. The molecule has 1 amide bonds. The molecule has 0 saturated heterocycles. The number of allylic oxidation sites excluding steroid dienone is 1. The molecule has 0 N–H and O–H groups in total. The van der Waals surface area contributed by atoms with Gasteiger partial charge in [0.15, 0.2) is 0 Å². The Morgan fingerprint density at radius 3 is 2.61 bits per heavy atom. The third-order valence-electron chi connectivity index (χ3n) is 4.88. The molecule has 0 spiro atoms. The summed E-state index contributed by atoms with van der Waals surface area (Å²) in [6.45, 7) is 3.76. The molecule has 1 aromatic carbocycles. The number of rotatable bonds is 12. The van der Waals surface area contributed by atoms with E-state index in [0.29, 0.717) is 39.1 Å². The summed E-state index contributed by atoms with van der Waals surface area (Å²) in [5, 5.41) is 0. The van der Waals surface area contributed by atoms with E-state index >= 15 is 0 Å². The molecule has 0 aromatic heterocycles. The molecule has 154 valence electrons. The average molecular weight is 388 g/mol. The van der Waals surface area contributed by atoms with Crippen molar-refractivity contribution in [1.82, 2.24) is 4.90 Å². The zero-order chi connectivity index (χ0) is 20.0. The van der Waals surface area contributed by atoms with E-state index in [9.17, 15) is 9.59 Å². The first kappa shape index (κ1) is 22.0. The maximum absolute atomic E-state index is 12.7. The molecule has 1 aromatic rings. The van der Waals surface area contributed by atoms with Gasteiger partial charge < -0.3 is 14.4 Å². The Balaban J connectivity index is 1.78. The third kappa shape index (κ3) is 8.59. The van der Waals surface area contributed by atoms with Crippen LogP contribution in [0.1, 0.15) is 58.3 Å². The fourth-order valence-electron chi connectivity index (χ4n) is 3.32. The molecule has 0 saturated carbocycles. The number of ether oxygens (including phenoxy) is 2. The van der Waals surface area contributed by atoms with E-state index in [1.807, 2.05) is 35.2 Å². The molecule has 1 aliphatic rings. The quantitative estimate of drug-likeness (QED) is 0.301. The van der Waals surface area contributed by atoms with Gasteiger partial charge in [-0.2, -0.15) is 0 Å². The van der Waals surface area contributed by atoms with E-state index in [1.54, 1.807) is 6.92 Å². The summed E-state index contributed by atoms with van der Waals surface area (Å²) in [5.74, 6) is 0.653. The minimum Gasteiger partial charge on any atom is -0.494 e. The molecule has 28 heavy (non-hydrogen) atoms. The molecule has 0 bridgehead atoms. The van der Waals surface area contributed by atoms with E-state index in [0.717, 1.165) is 25.0 Å². The fourth-order valence-corrected chi connectivity index (χ4v) is 3.32. The van der Waals surface area contributed by atoms with Crippen LogP contribution in [-0.4, -0.2) is 43.1 Å². The second-order valence-electron chi connectivity index (χ2n) is 7.06. The largest absolute Gasteiger partial charge is 0.494 e. The van der Waals surface area contributed by atoms with Crippen LogP contribution < -0.4 is 4.74 Å². The first-order valence-corrected chi connectivity index (χ1v) is 10.5. The molecule has 0 atom stereocenters. The monoisotopic (exact) mass is 387 g/mol. The minimum absolute atomic E-state index is 0.0809. The lowest BCUT2D eigenvalue weighted by Gasteiger charge is -2.24. The van der Waals surface area contributed by atoms with Crippen molar-refractivity contribution in [2.45, 2.75) is 58.3 Å². The van der Waals surface area contributed by atoms with Crippen molar-refractivity contribution in [2.24, 2.45) is 0 Å². The highest BCUT2D eigenvalue weighted by atomic mass is 16.5. The smallest absolute Gasteiger partial charge is 0.307 e. The summed E-state index contributed by atoms with van der Waals surface area (Å²) < 4.78 is 10.7. The van der Waals surface area contributed by atoms with Crippen LogP contribution in [0.3, 0.4) is 0 Å². The molecule has 5 nitrogen and oxygen atoms in total. The van der Waals surface area contributed by atoms with E-state index in [1.165, 1.54) is 18.4 Å². The van der Waals surface area contributed by atoms with Gasteiger partial charge in [-0.15, -0.1) is 0 Å². The molecular weight excluding hydrogens is 354 g/mol. The Morgan fingerprint density at radius 1 is 1.07 bits per heavy atom. The van der Waals surface area contributed by atoms with Gasteiger partial charge in [0.05, 0.1) is 19.6 Å². The number of amides is 1. The Hall–Kier alpha value is -2.30. The van der Waals surface area contributed by atoms with Gasteiger partial charge in [-0.3, -0.25) is 9.59 Å². The van der Waals surface area contributed by atoms with Crippen molar-refractivity contribution in [3.63, 3.8) is 0 Å². The van der Waals surface area contributed by atoms with Gasteiger partial charge >= 0.3 is 5.97 Å². The second kappa shape index (κ2) is 13.0. The van der Waals surface area contributed by atoms with Crippen molar-refractivity contribution in [3.05, 3.63) is 42.0 Å². The molecule has 0 unspecified atom stereocenters. The van der Waals surface area contributed by atoms with Crippen LogP contribution in [-0.2, 0) is 14.3 Å². The van der Waals surface area contributed by atoms with Crippen molar-refractivity contribution < 1.29 is 19.1 Å². The zero-order valence-electron chi connectivity index (χ0n) is 17.0. The Bertz CT molecular complexity index is 627. The molecule has 0 fully saturated rings. The number of hydrogen-bond acceptors (Lipinski definition) is 4. The van der Waals surface area contributed by atoms with Crippen molar-refractivity contribution in [3.8, 4) is 5.75 Å². The lowest BCUT2D eigenvalue weighted by atomic mass is 9.97. The second-order valence-corrected chi connectivity index (χ2v) is 7.06. The van der Waals surface area contributed by atoms with Crippen molar-refractivity contribution in [2.75, 3.05) is 26.3 Å². The number of carbonyl (C=O) groups excluding carboxylic acids is 2. The fraction of sp³-hybridized carbons (Fsp3) is 0.565. The van der Waals surface area contributed by atoms with Crippen LogP contribution in [0, 0.1) is 0 Å². The third-order valence-corrected chi connectivity index (χ3v) is 4.88. The Morgan fingerprint density at radius 2 is 1.89 bits per heavy atom. The predicted octanol–water partition coefficient (Wildman–Crippen LogP) is 4.52. The van der Waals surface area contributed by atoms with Gasteiger partial charge in [0.2, 0.25) is 5.91 Å². The SMILES string of the molecule is CCOC(=O)CCN(CCC1=CCCCC1)C(=O)CCCOc1ccccc1. The number of benzene rings is 1. The number of nitrogens with zero attached hydrogens (tertiary/aromatic N) is 1. The highest BCUT2D eigenvalue weighted by Gasteiger charge is 2.16. The van der Waals surface area contributed by atoms with E-state index in [-0.39, 0.29) is 18.3 Å². The van der Waals surface area contributed by atoms with Crippen LogP contribution in [0.2, 0.25) is 0 Å². The van der Waals surface area contributed by atoms with Gasteiger partial charge in [-0.25, -0.2) is 0 Å². The standard InChI is InChI=1S/C23H33NO4/c1-2-27-23(26)16-18-24(17-15-20-10-5-3-6-11-20)22(25)14-9-19-28-21-12-7-4-8-13-21/h4,7-8,10,12-13H,2-3,5-6,9,11,14-19H2,1H3. The topological polar surface area (TPSA) is 55.8 Å². The summed E-state index contributed by atoms with van der Waals surface area (Å²) >= 11 is 0. The molecule has 0 radical (unpaired) electrons. The zero-order valence-corrected chi connectivity index (χ0v) is 17.0. The number of para-hydroxylation sites is 1. The van der Waals surface area contributed by atoms with Crippen molar-refractivity contribution >= 4 is 11.9 Å². The van der Waals surface area contributed by atoms with E-state index in [4.69, 9.17) is 9.47 Å². The van der Waals surface area contributed by atoms with E-state index in [2.05, 4.69) is 6.08 Å². The minimum atomic E-state index is -0.246. The van der Waals surface area contributed by atoms with Gasteiger partial charge in [0.25, 0.3) is 0 Å². The van der Waals surface area contributed by atoms with Crippen molar-refractivity contribution in [1.29, 1.82) is 0 Å². The molecule has 0 heterocycles. The molecule has 5 heteroatoms. The molecule has 2 rings (SSSR count). The Labute approximate surface area is 168 Å². The predicted molar refractivity (Wildman–Crippen MR) is 110 cm³/mol. The summed E-state index contributed by atoms with van der Waals surface area (Å²) in [7, 11) is 0. The van der Waals surface area contributed by atoms with Gasteiger partial charge in [-0.1, -0.05) is 29.8 Å². The highest BCUT2D eigenvalue weighted by Crippen LogP contribution is 2.20. The average Bonchev–Trinajstić information content (AvgIpc) is 2.73. The first-order valence-electron chi connectivity index (χ1n) is 10.5. The summed E-state index contributed by atoms with van der Waals surface area (Å²) in [5.41, 5.74) is 1.44. The molecule has 1 aliphatic carbocycles. The lowest BCUT2D eigenvalue weighted by Crippen LogP contribution is -2.34. The van der Waals surface area contributed by atoms with E-state index < -0.39 is 0 Å². The number of esters is 1. The summed E-state index contributed by atoms with van der Waals surface area (Å²) in [4.78, 5) is 26.2. The van der Waals surface area contributed by atoms with Crippen LogP contribution in [0.25, 0.3) is 0 Å². The summed E-state index contributed by atoms with van der Waals surface area (Å²) in [6, 6.07) is 9.62. The lowest BCUT2D eigenvalue weighted by molar-refractivity contribution is -0.144. The maximum Gasteiger partial charge on any atom is 0.307 e. The molecule has 0 aliphatic heterocycles. The van der Waals surface area contributed by atoms with Crippen LogP contribution >= 0.6 is 0 Å². The first-order chi connectivity index (χ1) is 13.7. The van der Waals surface area contributed by atoms with Gasteiger partial charge in [0.1, 0.15) is 5.75 Å². The number of hydrogen-bond donors (Lipinski definition) is 0. The van der Waals surface area contributed by atoms with Crippen LogP contribution in [0.5, 0.6) is 5.75 Å². The van der Waals surface area contributed by atoms with Gasteiger partial charge in [-0.05, 0) is 57.6 Å². The normalized spacial score (nSPS) is 13.5. The van der Waals surface area contributed by atoms with Gasteiger partial charge in [0, 0.05) is 19.5 Å². The van der Waals surface area contributed by atoms with Crippen LogP contribution in [0.15, 0.2) is 42.0 Å².